The molecule has 0 unspecified atom stereocenters. The van der Waals surface area contributed by atoms with E-state index in [2.05, 4.69) is 26.7 Å². The van der Waals surface area contributed by atoms with Crippen molar-refractivity contribution in [3.05, 3.63) is 60.6 Å². The highest BCUT2D eigenvalue weighted by atomic mass is 19.1. The van der Waals surface area contributed by atoms with Crippen molar-refractivity contribution in [1.29, 1.82) is 0 Å². The van der Waals surface area contributed by atoms with Crippen LogP contribution in [0, 0.1) is 18.6 Å². The summed E-state index contributed by atoms with van der Waals surface area (Å²) < 4.78 is 31.2. The first kappa shape index (κ1) is 20.0. The third kappa shape index (κ3) is 3.08. The van der Waals surface area contributed by atoms with Gasteiger partial charge in [-0.15, -0.1) is 0 Å². The molecule has 7 nitrogen and oxygen atoms in total. The third-order valence-corrected chi connectivity index (χ3v) is 5.94. The number of H-pyrrole nitrogens is 1. The summed E-state index contributed by atoms with van der Waals surface area (Å²) in [6.45, 7) is 7.24. The van der Waals surface area contributed by atoms with Gasteiger partial charge in [-0.3, -0.25) is 9.89 Å². The van der Waals surface area contributed by atoms with E-state index >= 15 is 8.78 Å². The number of anilines is 1. The second-order valence-corrected chi connectivity index (χ2v) is 7.75. The van der Waals surface area contributed by atoms with Gasteiger partial charge in [0.1, 0.15) is 23.5 Å². The number of hydrogen-bond donors (Lipinski definition) is 1. The minimum absolute atomic E-state index is 0.0481. The van der Waals surface area contributed by atoms with Gasteiger partial charge in [0, 0.05) is 42.5 Å². The van der Waals surface area contributed by atoms with Crippen LogP contribution in [-0.4, -0.2) is 57.2 Å². The number of aromatic nitrogens is 4. The zero-order chi connectivity index (χ0) is 22.4. The summed E-state index contributed by atoms with van der Waals surface area (Å²) >= 11 is 0. The van der Waals surface area contributed by atoms with E-state index < -0.39 is 11.6 Å². The number of rotatable bonds is 3. The van der Waals surface area contributed by atoms with Crippen molar-refractivity contribution in [1.82, 2.24) is 25.1 Å². The first-order valence-electron chi connectivity index (χ1n) is 10.2. The van der Waals surface area contributed by atoms with Gasteiger partial charge >= 0.3 is 0 Å². The number of piperazine rings is 1. The summed E-state index contributed by atoms with van der Waals surface area (Å²) in [4.78, 5) is 23.9. The molecule has 2 aromatic carbocycles. The second kappa shape index (κ2) is 7.67. The van der Waals surface area contributed by atoms with E-state index in [-0.39, 0.29) is 17.0 Å². The number of carbonyl (C=O) groups is 1. The van der Waals surface area contributed by atoms with Crippen molar-refractivity contribution in [3.63, 3.8) is 0 Å². The third-order valence-electron chi connectivity index (χ3n) is 5.94. The van der Waals surface area contributed by atoms with Crippen molar-refractivity contribution < 1.29 is 13.6 Å². The highest BCUT2D eigenvalue weighted by molar-refractivity contribution is 6.00. The van der Waals surface area contributed by atoms with Crippen LogP contribution in [0.15, 0.2) is 43.4 Å². The number of halogens is 2. The van der Waals surface area contributed by atoms with Crippen molar-refractivity contribution in [2.75, 3.05) is 31.1 Å². The summed E-state index contributed by atoms with van der Waals surface area (Å²) in [5.74, 6) is -1.13. The number of benzene rings is 2. The predicted molar refractivity (Wildman–Crippen MR) is 118 cm³/mol. The van der Waals surface area contributed by atoms with Gasteiger partial charge in [-0.2, -0.15) is 5.10 Å². The van der Waals surface area contributed by atoms with Crippen molar-refractivity contribution in [2.45, 2.75) is 6.92 Å². The molecule has 0 atom stereocenters. The highest BCUT2D eigenvalue weighted by Gasteiger charge is 2.26. The van der Waals surface area contributed by atoms with Gasteiger partial charge in [-0.05, 0) is 24.6 Å². The van der Waals surface area contributed by atoms with Gasteiger partial charge in [0.05, 0.1) is 17.3 Å². The Balaban J connectivity index is 1.62. The van der Waals surface area contributed by atoms with Crippen LogP contribution in [0.5, 0.6) is 0 Å². The molecule has 0 aliphatic carbocycles. The molecule has 0 saturated carbocycles. The van der Waals surface area contributed by atoms with Crippen LogP contribution >= 0.6 is 0 Å². The van der Waals surface area contributed by atoms with Crippen molar-refractivity contribution in [2.24, 2.45) is 0 Å². The fourth-order valence-corrected chi connectivity index (χ4v) is 4.30. The Morgan fingerprint density at radius 3 is 2.69 bits per heavy atom. The maximum Gasteiger partial charge on any atom is 0.246 e. The van der Waals surface area contributed by atoms with Gasteiger partial charge in [0.15, 0.2) is 5.82 Å². The van der Waals surface area contributed by atoms with Crippen molar-refractivity contribution in [3.8, 4) is 11.1 Å². The number of hydrogen-bond acceptors (Lipinski definition) is 5. The average molecular weight is 434 g/mol. The fourth-order valence-electron chi connectivity index (χ4n) is 4.30. The molecule has 2 aromatic heterocycles. The molecule has 162 valence electrons. The first-order valence-corrected chi connectivity index (χ1v) is 10.2. The summed E-state index contributed by atoms with van der Waals surface area (Å²) in [6, 6.07) is 4.95. The molecule has 0 bridgehead atoms. The molecule has 0 spiro atoms. The van der Waals surface area contributed by atoms with Crippen LogP contribution in [0.3, 0.4) is 0 Å². The van der Waals surface area contributed by atoms with E-state index in [4.69, 9.17) is 0 Å². The molecule has 1 fully saturated rings. The Morgan fingerprint density at radius 2 is 1.94 bits per heavy atom. The number of carbonyl (C=O) groups excluding carboxylic acids is 1. The first-order chi connectivity index (χ1) is 15.5. The largest absolute Gasteiger partial charge is 0.352 e. The normalized spacial score (nSPS) is 14.3. The summed E-state index contributed by atoms with van der Waals surface area (Å²) in [7, 11) is 0. The van der Waals surface area contributed by atoms with Gasteiger partial charge in [0.2, 0.25) is 5.91 Å². The van der Waals surface area contributed by atoms with E-state index in [9.17, 15) is 4.79 Å². The van der Waals surface area contributed by atoms with Crippen LogP contribution in [0.4, 0.5) is 14.6 Å². The number of aromatic amines is 1. The Labute approximate surface area is 182 Å². The van der Waals surface area contributed by atoms with E-state index in [1.807, 2.05) is 17.0 Å². The van der Waals surface area contributed by atoms with E-state index in [1.54, 1.807) is 18.0 Å². The van der Waals surface area contributed by atoms with Crippen LogP contribution in [0.2, 0.25) is 0 Å². The smallest absolute Gasteiger partial charge is 0.246 e. The quantitative estimate of drug-likeness (QED) is 0.499. The predicted octanol–water partition coefficient (Wildman–Crippen LogP) is 3.59. The molecule has 1 amide bonds. The number of nitrogens with zero attached hydrogens (tertiary/aromatic N) is 5. The van der Waals surface area contributed by atoms with Crippen LogP contribution < -0.4 is 4.90 Å². The van der Waals surface area contributed by atoms with Gasteiger partial charge < -0.3 is 9.80 Å². The molecule has 1 N–H and O–H groups in total. The van der Waals surface area contributed by atoms with E-state index in [0.717, 1.165) is 10.9 Å². The second-order valence-electron chi connectivity index (χ2n) is 7.75. The van der Waals surface area contributed by atoms with Gasteiger partial charge in [-0.25, -0.2) is 18.7 Å². The van der Waals surface area contributed by atoms with Gasteiger partial charge in [-0.1, -0.05) is 18.7 Å². The maximum atomic E-state index is 15.7. The number of aryl methyl sites for hydroxylation is 1. The summed E-state index contributed by atoms with van der Waals surface area (Å²) in [5.41, 5.74) is 1.62. The molecule has 3 heterocycles. The zero-order valence-electron chi connectivity index (χ0n) is 17.4. The molecular weight excluding hydrogens is 414 g/mol. The Kier molecular flexibility index (Phi) is 4.80. The highest BCUT2D eigenvalue weighted by Crippen LogP contribution is 2.38. The standard InChI is InChI=1S/C23H20F2N6O/c1-3-17(32)30-6-8-31(9-7-30)23-15-10-16(24)19(20(25)22(15)26-12-27-23)18-13(2)4-5-14-11-28-29-21(14)18/h3-5,10-12H,1,6-9H2,2H3,(H,28,29). The monoisotopic (exact) mass is 434 g/mol. The van der Waals surface area contributed by atoms with E-state index in [1.165, 1.54) is 18.5 Å². The molecule has 1 aliphatic rings. The Hall–Kier alpha value is -3.88. The van der Waals surface area contributed by atoms with Crippen LogP contribution in [-0.2, 0) is 4.79 Å². The molecule has 5 rings (SSSR count). The molecule has 32 heavy (non-hydrogen) atoms. The summed E-state index contributed by atoms with van der Waals surface area (Å²) in [5, 5.41) is 7.92. The minimum atomic E-state index is -0.741. The molecule has 1 saturated heterocycles. The fraction of sp³-hybridized carbons (Fsp3) is 0.217. The lowest BCUT2D eigenvalue weighted by atomic mass is 9.95. The molecule has 9 heteroatoms. The molecule has 4 aromatic rings. The number of amides is 1. The average Bonchev–Trinajstić information content (AvgIpc) is 3.28. The Morgan fingerprint density at radius 1 is 1.16 bits per heavy atom. The van der Waals surface area contributed by atoms with Gasteiger partial charge in [0.25, 0.3) is 0 Å². The molecule has 0 radical (unpaired) electrons. The van der Waals surface area contributed by atoms with Crippen LogP contribution in [0.25, 0.3) is 32.9 Å². The SMILES string of the molecule is C=CC(=O)N1CCN(c2ncnc3c(F)c(-c4c(C)ccc5cn[nH]c45)c(F)cc23)CC1. The molecule has 1 aliphatic heterocycles. The van der Waals surface area contributed by atoms with Crippen molar-refractivity contribution >= 4 is 33.5 Å². The number of nitrogens with one attached hydrogen (secondary N) is 1. The lowest BCUT2D eigenvalue weighted by Gasteiger charge is -2.35. The minimum Gasteiger partial charge on any atom is -0.352 e. The van der Waals surface area contributed by atoms with E-state index in [0.29, 0.717) is 48.5 Å². The lowest BCUT2D eigenvalue weighted by molar-refractivity contribution is -0.126. The summed E-state index contributed by atoms with van der Waals surface area (Å²) in [6.07, 6.45) is 4.18. The van der Waals surface area contributed by atoms with Crippen LogP contribution in [0.1, 0.15) is 5.56 Å². The number of fused-ring (bicyclic) bond motifs is 2. The maximum absolute atomic E-state index is 15.7. The zero-order valence-corrected chi connectivity index (χ0v) is 17.4. The lowest BCUT2D eigenvalue weighted by Crippen LogP contribution is -2.48. The topological polar surface area (TPSA) is 78.0 Å². The Bertz CT molecular complexity index is 1370. The molecular formula is C23H20F2N6O.